The second kappa shape index (κ2) is 12.9. The molecule has 0 saturated carbocycles. The van der Waals surface area contributed by atoms with Crippen molar-refractivity contribution in [3.63, 3.8) is 0 Å². The van der Waals surface area contributed by atoms with Crippen LogP contribution in [-0.2, 0) is 22.3 Å². The smallest absolute Gasteiger partial charge is 0.188 e. The van der Waals surface area contributed by atoms with E-state index in [1.54, 1.807) is 7.11 Å². The molecule has 182 valence electrons. The van der Waals surface area contributed by atoms with Crippen LogP contribution >= 0.6 is 8.30 Å². The molecule has 5 nitrogen and oxygen atoms in total. The molecule has 3 aromatic rings. The number of ether oxygens (including phenoxy) is 3. The van der Waals surface area contributed by atoms with Crippen molar-refractivity contribution in [1.82, 2.24) is 0 Å². The van der Waals surface area contributed by atoms with E-state index in [2.05, 4.69) is 52.0 Å². The fourth-order valence-electron chi connectivity index (χ4n) is 3.84. The average Bonchev–Trinajstić information content (AvgIpc) is 2.83. The standard InChI is InChI=1S/C28H36NO4P/c1-20(2)26-15-24(11-12-28(26)31-18-30-5)16-27-21(3)13-25(14-22(27)4)32-19-34(29)33-17-23-9-7-6-8-10-23/h6-15,20H,16-19,29H2,1-5H3. The molecule has 0 saturated heterocycles. The van der Waals surface area contributed by atoms with Crippen LogP contribution in [0.4, 0.5) is 0 Å². The number of methoxy groups -OCH3 is 1. The first kappa shape index (κ1) is 26.2. The van der Waals surface area contributed by atoms with E-state index in [1.807, 2.05) is 36.4 Å². The first-order valence-electron chi connectivity index (χ1n) is 11.5. The van der Waals surface area contributed by atoms with E-state index in [0.717, 1.165) is 23.5 Å². The molecular formula is C28H36NO4P. The van der Waals surface area contributed by atoms with Gasteiger partial charge in [0.25, 0.3) is 0 Å². The molecule has 0 aromatic heterocycles. The zero-order valence-corrected chi connectivity index (χ0v) is 21.7. The number of rotatable bonds is 12. The molecule has 0 heterocycles. The highest BCUT2D eigenvalue weighted by molar-refractivity contribution is 7.49. The molecule has 3 aromatic carbocycles. The van der Waals surface area contributed by atoms with Crippen LogP contribution in [0.5, 0.6) is 11.5 Å². The number of nitrogens with two attached hydrogens (primary N) is 1. The summed E-state index contributed by atoms with van der Waals surface area (Å²) in [7, 11) is 0.478. The monoisotopic (exact) mass is 481 g/mol. The molecule has 1 atom stereocenters. The van der Waals surface area contributed by atoms with Crippen molar-refractivity contribution in [2.24, 2.45) is 5.50 Å². The van der Waals surface area contributed by atoms with Gasteiger partial charge < -0.3 is 18.7 Å². The normalized spacial score (nSPS) is 12.1. The molecule has 0 bridgehead atoms. The van der Waals surface area contributed by atoms with E-state index in [-0.39, 0.29) is 6.79 Å². The molecule has 3 rings (SSSR count). The fourth-order valence-corrected chi connectivity index (χ4v) is 4.51. The van der Waals surface area contributed by atoms with Crippen LogP contribution in [0.15, 0.2) is 60.7 Å². The lowest BCUT2D eigenvalue weighted by Crippen LogP contribution is -2.06. The predicted molar refractivity (Wildman–Crippen MR) is 140 cm³/mol. The summed E-state index contributed by atoms with van der Waals surface area (Å²) < 4.78 is 22.6. The van der Waals surface area contributed by atoms with Crippen LogP contribution in [0.1, 0.15) is 53.1 Å². The zero-order chi connectivity index (χ0) is 24.5. The molecule has 0 radical (unpaired) electrons. The summed E-state index contributed by atoms with van der Waals surface area (Å²) in [6, 6.07) is 20.6. The molecule has 0 spiro atoms. The molecule has 2 N–H and O–H groups in total. The highest BCUT2D eigenvalue weighted by atomic mass is 31.2. The Kier molecular flexibility index (Phi) is 9.91. The van der Waals surface area contributed by atoms with Gasteiger partial charge in [0.05, 0.1) is 6.61 Å². The molecule has 0 aliphatic carbocycles. The maximum absolute atomic E-state index is 6.16. The summed E-state index contributed by atoms with van der Waals surface area (Å²) in [6.07, 6.45) is 1.22. The predicted octanol–water partition coefficient (Wildman–Crippen LogP) is 6.82. The first-order valence-corrected chi connectivity index (χ1v) is 13.0. The van der Waals surface area contributed by atoms with Crippen LogP contribution < -0.4 is 15.0 Å². The fraction of sp³-hybridized carbons (Fsp3) is 0.357. The SMILES string of the molecule is COCOc1ccc(Cc2c(C)cc(OCP(N)OCc3ccccc3)cc2C)cc1C(C)C. The van der Waals surface area contributed by atoms with E-state index in [1.165, 1.54) is 27.8 Å². The van der Waals surface area contributed by atoms with E-state index in [9.17, 15) is 0 Å². The number of aryl methyl sites for hydroxylation is 2. The van der Waals surface area contributed by atoms with Crippen molar-refractivity contribution < 1.29 is 18.7 Å². The Morgan fingerprint density at radius 3 is 2.24 bits per heavy atom. The van der Waals surface area contributed by atoms with Crippen LogP contribution in [0, 0.1) is 13.8 Å². The van der Waals surface area contributed by atoms with Crippen LogP contribution in [0.25, 0.3) is 0 Å². The van der Waals surface area contributed by atoms with Crippen LogP contribution in [-0.4, -0.2) is 20.3 Å². The van der Waals surface area contributed by atoms with Gasteiger partial charge in [-0.25, -0.2) is 0 Å². The van der Waals surface area contributed by atoms with Gasteiger partial charge >= 0.3 is 0 Å². The molecule has 0 aliphatic rings. The maximum atomic E-state index is 6.16. The minimum Gasteiger partial charge on any atom is -0.485 e. The lowest BCUT2D eigenvalue weighted by Gasteiger charge is -2.18. The summed E-state index contributed by atoms with van der Waals surface area (Å²) in [5, 5.41) is 0. The molecule has 1 unspecified atom stereocenters. The van der Waals surface area contributed by atoms with Crippen molar-refractivity contribution in [2.45, 2.75) is 46.6 Å². The van der Waals surface area contributed by atoms with Crippen molar-refractivity contribution >= 4 is 8.30 Å². The third-order valence-electron chi connectivity index (χ3n) is 5.68. The Labute approximate surface area is 205 Å². The first-order chi connectivity index (χ1) is 16.4. The zero-order valence-electron chi connectivity index (χ0n) is 20.8. The highest BCUT2D eigenvalue weighted by Crippen LogP contribution is 2.32. The van der Waals surface area contributed by atoms with Crippen LogP contribution in [0.3, 0.4) is 0 Å². The average molecular weight is 482 g/mol. The summed E-state index contributed by atoms with van der Waals surface area (Å²) in [5.74, 6) is 2.07. The van der Waals surface area contributed by atoms with Gasteiger partial charge in [0.1, 0.15) is 26.1 Å². The number of hydrogen-bond acceptors (Lipinski definition) is 5. The van der Waals surface area contributed by atoms with Gasteiger partial charge in [-0.1, -0.05) is 56.3 Å². The Hall–Kier alpha value is -2.43. The van der Waals surface area contributed by atoms with Gasteiger partial charge in [-0.05, 0) is 77.8 Å². The lowest BCUT2D eigenvalue weighted by atomic mass is 9.93. The second-order valence-electron chi connectivity index (χ2n) is 8.74. The molecular weight excluding hydrogens is 445 g/mol. The molecule has 0 aliphatic heterocycles. The van der Waals surface area contributed by atoms with Gasteiger partial charge in [0.15, 0.2) is 6.79 Å². The lowest BCUT2D eigenvalue weighted by molar-refractivity contribution is 0.0502. The topological polar surface area (TPSA) is 62.9 Å². The molecule has 0 fully saturated rings. The summed E-state index contributed by atoms with van der Waals surface area (Å²) in [4.78, 5) is 0. The molecule has 34 heavy (non-hydrogen) atoms. The van der Waals surface area contributed by atoms with Crippen molar-refractivity contribution in [1.29, 1.82) is 0 Å². The minimum atomic E-state index is -1.16. The van der Waals surface area contributed by atoms with E-state index >= 15 is 0 Å². The quantitative estimate of drug-likeness (QED) is 0.227. The van der Waals surface area contributed by atoms with Crippen molar-refractivity contribution in [3.8, 4) is 11.5 Å². The Bertz CT molecular complexity index is 1030. The molecule has 6 heteroatoms. The van der Waals surface area contributed by atoms with E-state index < -0.39 is 8.30 Å². The molecule has 0 amide bonds. The Balaban J connectivity index is 1.63. The third kappa shape index (κ3) is 7.54. The summed E-state index contributed by atoms with van der Waals surface area (Å²) in [6.45, 7) is 9.37. The summed E-state index contributed by atoms with van der Waals surface area (Å²) >= 11 is 0. The Morgan fingerprint density at radius 1 is 0.882 bits per heavy atom. The van der Waals surface area contributed by atoms with Crippen molar-refractivity contribution in [3.05, 3.63) is 94.0 Å². The van der Waals surface area contributed by atoms with Crippen LogP contribution in [0.2, 0.25) is 0 Å². The van der Waals surface area contributed by atoms with Gasteiger partial charge in [-0.3, -0.25) is 5.50 Å². The number of benzene rings is 3. The second-order valence-corrected chi connectivity index (χ2v) is 10.1. The van der Waals surface area contributed by atoms with Gasteiger partial charge in [0, 0.05) is 7.11 Å². The Morgan fingerprint density at radius 2 is 1.59 bits per heavy atom. The van der Waals surface area contributed by atoms with Gasteiger partial charge in [-0.2, -0.15) is 0 Å². The van der Waals surface area contributed by atoms with E-state index in [4.69, 9.17) is 24.2 Å². The largest absolute Gasteiger partial charge is 0.485 e. The highest BCUT2D eigenvalue weighted by Gasteiger charge is 2.13. The third-order valence-corrected chi connectivity index (χ3v) is 6.52. The number of hydrogen-bond donors (Lipinski definition) is 1. The minimum absolute atomic E-state index is 0.251. The maximum Gasteiger partial charge on any atom is 0.188 e. The van der Waals surface area contributed by atoms with Crippen molar-refractivity contribution in [2.75, 3.05) is 20.3 Å². The van der Waals surface area contributed by atoms with Gasteiger partial charge in [-0.15, -0.1) is 0 Å². The summed E-state index contributed by atoms with van der Waals surface area (Å²) in [5.41, 5.74) is 13.4. The van der Waals surface area contributed by atoms with Gasteiger partial charge in [0.2, 0.25) is 0 Å². The van der Waals surface area contributed by atoms with E-state index in [0.29, 0.717) is 18.9 Å².